The first-order valence-corrected chi connectivity index (χ1v) is 14.4. The molecular weight excluding hydrogens is 538 g/mol. The van der Waals surface area contributed by atoms with Gasteiger partial charge in [-0.05, 0) is 55.5 Å². The molecule has 1 atom stereocenters. The normalized spacial score (nSPS) is 24.0. The Hall–Kier alpha value is -4.58. The lowest BCUT2D eigenvalue weighted by Gasteiger charge is -2.35. The zero-order chi connectivity index (χ0) is 28.8. The highest BCUT2D eigenvalue weighted by Crippen LogP contribution is 2.38. The van der Waals surface area contributed by atoms with Crippen molar-refractivity contribution in [2.45, 2.75) is 37.8 Å². The molecule has 2 aromatic heterocycles. The Labute approximate surface area is 242 Å². The number of imide groups is 2. The van der Waals surface area contributed by atoms with E-state index < -0.39 is 29.7 Å². The predicted octanol–water partition coefficient (Wildman–Crippen LogP) is 2.25. The second-order valence-corrected chi connectivity index (χ2v) is 11.3. The van der Waals surface area contributed by atoms with Crippen LogP contribution in [0.1, 0.15) is 52.4 Å². The number of aromatic nitrogens is 3. The first-order valence-electron chi connectivity index (χ1n) is 14.4. The Balaban J connectivity index is 0.942. The van der Waals surface area contributed by atoms with Gasteiger partial charge in [-0.1, -0.05) is 6.07 Å². The van der Waals surface area contributed by atoms with Crippen molar-refractivity contribution in [2.75, 3.05) is 43.1 Å². The van der Waals surface area contributed by atoms with Gasteiger partial charge in [0.1, 0.15) is 11.9 Å². The van der Waals surface area contributed by atoms with Crippen LogP contribution in [0.25, 0.3) is 11.3 Å². The monoisotopic (exact) mass is 569 g/mol. The number of pyridine rings is 1. The average molecular weight is 570 g/mol. The first kappa shape index (κ1) is 26.3. The van der Waals surface area contributed by atoms with Crippen LogP contribution >= 0.6 is 0 Å². The minimum atomic E-state index is -0.967. The van der Waals surface area contributed by atoms with Gasteiger partial charge >= 0.3 is 0 Å². The summed E-state index contributed by atoms with van der Waals surface area (Å²) in [4.78, 5) is 57.9. The van der Waals surface area contributed by atoms with Crippen LogP contribution in [0.15, 0.2) is 48.8 Å². The number of fused-ring (bicyclic) bond motifs is 1. The van der Waals surface area contributed by atoms with E-state index in [-0.39, 0.29) is 24.0 Å². The van der Waals surface area contributed by atoms with E-state index in [9.17, 15) is 19.2 Å². The fraction of sp³-hybridized carbons (Fsp3) is 0.400. The molecule has 1 saturated carbocycles. The number of benzene rings is 1. The third-order valence-corrected chi connectivity index (χ3v) is 8.59. The molecule has 7 rings (SSSR count). The number of carbonyl (C=O) groups excluding carboxylic acids is 4. The van der Waals surface area contributed by atoms with Crippen molar-refractivity contribution in [2.24, 2.45) is 5.92 Å². The maximum Gasteiger partial charge on any atom is 0.262 e. The van der Waals surface area contributed by atoms with Gasteiger partial charge in [0.25, 0.3) is 11.8 Å². The van der Waals surface area contributed by atoms with E-state index in [1.165, 1.54) is 0 Å². The maximum absolute atomic E-state index is 13.1. The molecule has 12 heteroatoms. The van der Waals surface area contributed by atoms with Crippen LogP contribution < -0.4 is 15.5 Å². The number of amides is 4. The lowest BCUT2D eigenvalue weighted by Crippen LogP contribution is -2.54. The van der Waals surface area contributed by atoms with Crippen LogP contribution in [0.2, 0.25) is 0 Å². The lowest BCUT2D eigenvalue weighted by atomic mass is 9.80. The maximum atomic E-state index is 13.1. The third kappa shape index (κ3) is 4.81. The molecule has 4 amide bonds. The van der Waals surface area contributed by atoms with Crippen LogP contribution in [0.4, 0.5) is 11.5 Å². The van der Waals surface area contributed by atoms with Gasteiger partial charge in [-0.25, -0.2) is 4.98 Å². The quantitative estimate of drug-likeness (QED) is 0.410. The summed E-state index contributed by atoms with van der Waals surface area (Å²) >= 11 is 0. The van der Waals surface area contributed by atoms with Gasteiger partial charge in [0.15, 0.2) is 0 Å². The summed E-state index contributed by atoms with van der Waals surface area (Å²) in [5, 5.41) is 10.2. The molecule has 42 heavy (non-hydrogen) atoms. The van der Waals surface area contributed by atoms with Crippen molar-refractivity contribution in [3.8, 4) is 11.3 Å². The van der Waals surface area contributed by atoms with Crippen molar-refractivity contribution >= 4 is 35.1 Å². The largest absolute Gasteiger partial charge is 0.385 e. The molecule has 3 aliphatic heterocycles. The van der Waals surface area contributed by atoms with Gasteiger partial charge < -0.3 is 15.0 Å². The van der Waals surface area contributed by atoms with Crippen LogP contribution in [-0.2, 0) is 14.3 Å². The van der Waals surface area contributed by atoms with Crippen molar-refractivity contribution in [1.82, 2.24) is 25.0 Å². The molecule has 0 bridgehead atoms. The van der Waals surface area contributed by atoms with E-state index in [1.807, 2.05) is 29.1 Å². The standard InChI is InChI=1S/C30H31N7O5/c38-27-7-6-25(28(39)34-27)37-29(40)22-5-4-20(14-23(22)30(37)41)31-15-18-12-21(13-18)36-17-19(16-32-36)24-2-1-3-26(33-24)35-8-10-42-11-9-35/h1-5,14,16-18,21,25,31H,6-13,15H2,(H,34,38,39)/t18-,21-,25?. The molecule has 216 valence electrons. The number of morpholine rings is 1. The molecule has 2 saturated heterocycles. The molecule has 12 nitrogen and oxygen atoms in total. The molecule has 0 radical (unpaired) electrons. The Morgan fingerprint density at radius 1 is 1.00 bits per heavy atom. The molecule has 1 unspecified atom stereocenters. The third-order valence-electron chi connectivity index (χ3n) is 8.59. The zero-order valence-corrected chi connectivity index (χ0v) is 23.0. The lowest BCUT2D eigenvalue weighted by molar-refractivity contribution is -0.136. The molecular formula is C30H31N7O5. The number of carbonyl (C=O) groups is 4. The number of nitrogens with zero attached hydrogens (tertiary/aromatic N) is 5. The summed E-state index contributed by atoms with van der Waals surface area (Å²) in [6.07, 6.45) is 6.12. The van der Waals surface area contributed by atoms with Gasteiger partial charge in [-0.15, -0.1) is 0 Å². The van der Waals surface area contributed by atoms with E-state index in [4.69, 9.17) is 9.72 Å². The van der Waals surface area contributed by atoms with E-state index in [0.717, 1.165) is 73.4 Å². The highest BCUT2D eigenvalue weighted by atomic mass is 16.5. The Bertz CT molecular complexity index is 1570. The van der Waals surface area contributed by atoms with E-state index in [2.05, 4.69) is 26.8 Å². The van der Waals surface area contributed by atoms with E-state index in [0.29, 0.717) is 12.0 Å². The fourth-order valence-electron chi connectivity index (χ4n) is 6.15. The number of piperidine rings is 1. The summed E-state index contributed by atoms with van der Waals surface area (Å²) in [6.45, 7) is 3.84. The molecule has 3 fully saturated rings. The number of hydrogen-bond acceptors (Lipinski definition) is 9. The molecule has 1 aromatic carbocycles. The zero-order valence-electron chi connectivity index (χ0n) is 23.0. The topological polar surface area (TPSA) is 139 Å². The Morgan fingerprint density at radius 2 is 1.81 bits per heavy atom. The number of nitrogens with one attached hydrogen (secondary N) is 2. The van der Waals surface area contributed by atoms with E-state index in [1.54, 1.807) is 18.2 Å². The molecule has 4 aliphatic rings. The Kier molecular flexibility index (Phi) is 6.69. The summed E-state index contributed by atoms with van der Waals surface area (Å²) in [5.41, 5.74) is 3.20. The van der Waals surface area contributed by atoms with Crippen LogP contribution in [0, 0.1) is 5.92 Å². The summed E-state index contributed by atoms with van der Waals surface area (Å²) in [5.74, 6) is -0.607. The minimum Gasteiger partial charge on any atom is -0.385 e. The SMILES string of the molecule is O=C1CCC(N2C(=O)c3ccc(NC[C@H]4C[C@H](n5cc(-c6cccc(N7CCOCC7)n6)cn5)C4)cc3C2=O)C(=O)N1. The van der Waals surface area contributed by atoms with Crippen molar-refractivity contribution in [3.63, 3.8) is 0 Å². The fourth-order valence-corrected chi connectivity index (χ4v) is 6.15. The smallest absolute Gasteiger partial charge is 0.262 e. The molecule has 2 N–H and O–H groups in total. The van der Waals surface area contributed by atoms with Crippen LogP contribution in [0.3, 0.4) is 0 Å². The molecule has 5 heterocycles. The van der Waals surface area contributed by atoms with Gasteiger partial charge in [-0.2, -0.15) is 5.10 Å². The van der Waals surface area contributed by atoms with Gasteiger partial charge in [0.05, 0.1) is 42.3 Å². The average Bonchev–Trinajstić information content (AvgIpc) is 3.56. The van der Waals surface area contributed by atoms with Crippen molar-refractivity contribution < 1.29 is 23.9 Å². The second-order valence-electron chi connectivity index (χ2n) is 11.3. The molecule has 3 aromatic rings. The number of anilines is 2. The highest BCUT2D eigenvalue weighted by molar-refractivity contribution is 6.23. The highest BCUT2D eigenvalue weighted by Gasteiger charge is 2.44. The van der Waals surface area contributed by atoms with Gasteiger partial charge in [0.2, 0.25) is 11.8 Å². The molecule has 0 spiro atoms. The van der Waals surface area contributed by atoms with Crippen LogP contribution in [-0.4, -0.2) is 82.2 Å². The minimum absolute atomic E-state index is 0.0951. The predicted molar refractivity (Wildman–Crippen MR) is 152 cm³/mol. The second kappa shape index (κ2) is 10.7. The Morgan fingerprint density at radius 3 is 2.62 bits per heavy atom. The van der Waals surface area contributed by atoms with Gasteiger partial charge in [-0.3, -0.25) is 34.1 Å². The van der Waals surface area contributed by atoms with Crippen molar-refractivity contribution in [3.05, 3.63) is 59.9 Å². The van der Waals surface area contributed by atoms with E-state index >= 15 is 0 Å². The van der Waals surface area contributed by atoms with Crippen LogP contribution in [0.5, 0.6) is 0 Å². The first-order chi connectivity index (χ1) is 20.4. The summed E-state index contributed by atoms with van der Waals surface area (Å²) in [7, 11) is 0. The molecule has 1 aliphatic carbocycles. The van der Waals surface area contributed by atoms with Gasteiger partial charge in [0, 0.05) is 43.5 Å². The van der Waals surface area contributed by atoms with Crippen molar-refractivity contribution in [1.29, 1.82) is 0 Å². The number of hydrogen-bond donors (Lipinski definition) is 2. The summed E-state index contributed by atoms with van der Waals surface area (Å²) in [6, 6.07) is 10.5. The summed E-state index contributed by atoms with van der Waals surface area (Å²) < 4.78 is 7.48. The number of ether oxygens (including phenoxy) is 1. The number of rotatable bonds is 7.